The van der Waals surface area contributed by atoms with Gasteiger partial charge in [-0.3, -0.25) is 19.2 Å². The van der Waals surface area contributed by atoms with Crippen LogP contribution in [0.1, 0.15) is 25.5 Å². The van der Waals surface area contributed by atoms with Crippen molar-refractivity contribution in [1.82, 2.24) is 16.0 Å². The molecule has 230 valence electrons. The maximum Gasteiger partial charge on any atom is 0.405 e. The van der Waals surface area contributed by atoms with Crippen molar-refractivity contribution >= 4 is 46.7 Å². The van der Waals surface area contributed by atoms with Gasteiger partial charge in [-0.05, 0) is 41.8 Å². The van der Waals surface area contributed by atoms with Gasteiger partial charge in [-0.2, -0.15) is 22.0 Å². The molecule has 0 fully saturated rings. The molecule has 0 saturated heterocycles. The van der Waals surface area contributed by atoms with Gasteiger partial charge in [0.05, 0.1) is 13.2 Å². The largest absolute Gasteiger partial charge is 0.497 e. The summed E-state index contributed by atoms with van der Waals surface area (Å²) < 4.78 is 76.7. The Morgan fingerprint density at radius 1 is 0.881 bits per heavy atom. The van der Waals surface area contributed by atoms with Gasteiger partial charge < -0.3 is 25.4 Å². The monoisotopic (exact) mass is 641 g/mol. The number of hydrogen-bond donors (Lipinski definition) is 3. The minimum Gasteiger partial charge on any atom is -0.497 e. The fourth-order valence-corrected chi connectivity index (χ4v) is 3.94. The van der Waals surface area contributed by atoms with Crippen molar-refractivity contribution in [3.63, 3.8) is 0 Å². The quantitative estimate of drug-likeness (QED) is 0.222. The van der Waals surface area contributed by atoms with Crippen LogP contribution in [-0.2, 0) is 19.2 Å². The van der Waals surface area contributed by atoms with Gasteiger partial charge in [0.15, 0.2) is 6.61 Å². The minimum atomic E-state index is -5.01. The normalized spacial score (nSPS) is 13.1. The Morgan fingerprint density at radius 2 is 1.45 bits per heavy atom. The number of carbonyl (C=O) groups is 4. The topological polar surface area (TPSA) is 123 Å². The molecule has 9 nitrogen and oxygen atoms in total. The number of rotatable bonds is 13. The SMILES string of the molecule is COc1ccc([C@H](NC(=O)COc2cc(Cl)cc(Cl)c2)C(=O)N[C@H](C(=O)C(F)(F)C(=O)NCC(F)(F)F)C(C)C)cc1. The first-order valence-corrected chi connectivity index (χ1v) is 12.8. The average Bonchev–Trinajstić information content (AvgIpc) is 2.90. The summed E-state index contributed by atoms with van der Waals surface area (Å²) in [5, 5.41) is 5.86. The smallest absolute Gasteiger partial charge is 0.405 e. The fourth-order valence-electron chi connectivity index (χ4n) is 3.43. The number of carbonyl (C=O) groups excluding carboxylic acids is 4. The van der Waals surface area contributed by atoms with E-state index in [2.05, 4.69) is 10.6 Å². The van der Waals surface area contributed by atoms with E-state index in [4.69, 9.17) is 32.7 Å². The Kier molecular flexibility index (Phi) is 11.9. The third kappa shape index (κ3) is 10.0. The summed E-state index contributed by atoms with van der Waals surface area (Å²) in [4.78, 5) is 50.4. The molecule has 0 unspecified atom stereocenters. The van der Waals surface area contributed by atoms with Crippen LogP contribution in [-0.4, -0.2) is 61.9 Å². The first-order chi connectivity index (χ1) is 19.4. The maximum atomic E-state index is 14.6. The molecular formula is C26H26Cl2F5N3O6. The number of amides is 3. The zero-order valence-electron chi connectivity index (χ0n) is 22.3. The molecule has 3 N–H and O–H groups in total. The second kappa shape index (κ2) is 14.5. The molecule has 0 aliphatic carbocycles. The molecule has 0 heterocycles. The van der Waals surface area contributed by atoms with Crippen LogP contribution in [0.5, 0.6) is 11.5 Å². The first kappa shape index (κ1) is 34.6. The third-order valence-corrected chi connectivity index (χ3v) is 5.95. The standard InChI is InChI=1S/C26H26Cl2F5N3O6/c1-13(2)20(22(38)26(32,33)24(40)34-12-25(29,30)31)36-23(39)21(14-4-6-17(41-3)7-5-14)35-19(37)11-42-18-9-15(27)8-16(28)10-18/h4-10,13,20-21H,11-12H2,1-3H3,(H,34,40)(H,35,37)(H,36,39)/t20-,21-/m0/s1. The summed E-state index contributed by atoms with van der Waals surface area (Å²) in [5.41, 5.74) is 0.136. The molecule has 0 aromatic heterocycles. The molecule has 0 spiro atoms. The van der Waals surface area contributed by atoms with Gasteiger partial charge in [-0.25, -0.2) is 0 Å². The summed E-state index contributed by atoms with van der Waals surface area (Å²) in [6.45, 7) is -0.210. The number of hydrogen-bond acceptors (Lipinski definition) is 6. The molecule has 16 heteroatoms. The highest BCUT2D eigenvalue weighted by Gasteiger charge is 2.52. The van der Waals surface area contributed by atoms with Gasteiger partial charge in [0.1, 0.15) is 24.1 Å². The molecule has 0 saturated carbocycles. The molecule has 2 atom stereocenters. The van der Waals surface area contributed by atoms with Crippen LogP contribution < -0.4 is 25.4 Å². The van der Waals surface area contributed by atoms with E-state index in [0.717, 1.165) is 5.32 Å². The van der Waals surface area contributed by atoms with Gasteiger partial charge in [0.2, 0.25) is 11.7 Å². The van der Waals surface area contributed by atoms with Crippen LogP contribution in [0.2, 0.25) is 10.0 Å². The highest BCUT2D eigenvalue weighted by Crippen LogP contribution is 2.25. The lowest BCUT2D eigenvalue weighted by molar-refractivity contribution is -0.165. The predicted octanol–water partition coefficient (Wildman–Crippen LogP) is 4.26. The number of benzene rings is 2. The van der Waals surface area contributed by atoms with Crippen LogP contribution in [0.4, 0.5) is 22.0 Å². The highest BCUT2D eigenvalue weighted by molar-refractivity contribution is 6.34. The molecule has 2 aromatic carbocycles. The second-order valence-electron chi connectivity index (χ2n) is 9.13. The van der Waals surface area contributed by atoms with Crippen LogP contribution in [0.15, 0.2) is 42.5 Å². The fraction of sp³-hybridized carbons (Fsp3) is 0.385. The van der Waals surface area contributed by atoms with Gasteiger partial charge >= 0.3 is 12.1 Å². The lowest BCUT2D eigenvalue weighted by Crippen LogP contribution is -2.58. The van der Waals surface area contributed by atoms with Crippen LogP contribution in [0.3, 0.4) is 0 Å². The van der Waals surface area contributed by atoms with E-state index in [-0.39, 0.29) is 21.4 Å². The predicted molar refractivity (Wildman–Crippen MR) is 142 cm³/mol. The van der Waals surface area contributed by atoms with E-state index in [1.54, 1.807) is 0 Å². The van der Waals surface area contributed by atoms with Crippen molar-refractivity contribution in [3.05, 3.63) is 58.1 Å². The minimum absolute atomic E-state index is 0.129. The van der Waals surface area contributed by atoms with E-state index >= 15 is 0 Å². The van der Waals surface area contributed by atoms with E-state index in [0.29, 0.717) is 5.75 Å². The van der Waals surface area contributed by atoms with E-state index in [1.165, 1.54) is 63.4 Å². The molecular weight excluding hydrogens is 616 g/mol. The molecule has 2 aromatic rings. The number of ether oxygens (including phenoxy) is 2. The highest BCUT2D eigenvalue weighted by atomic mass is 35.5. The lowest BCUT2D eigenvalue weighted by atomic mass is 9.94. The van der Waals surface area contributed by atoms with Crippen molar-refractivity contribution in [1.29, 1.82) is 0 Å². The molecule has 3 amide bonds. The van der Waals surface area contributed by atoms with Crippen molar-refractivity contribution in [2.45, 2.75) is 38.0 Å². The van der Waals surface area contributed by atoms with Gasteiger partial charge in [0.25, 0.3) is 11.8 Å². The number of ketones is 1. The molecule has 0 aliphatic rings. The van der Waals surface area contributed by atoms with E-state index in [1.807, 2.05) is 0 Å². The molecule has 0 aliphatic heterocycles. The summed E-state index contributed by atoms with van der Waals surface area (Å²) in [5.74, 6) is -12.1. The molecule has 42 heavy (non-hydrogen) atoms. The van der Waals surface area contributed by atoms with Gasteiger partial charge in [-0.15, -0.1) is 0 Å². The number of alkyl halides is 5. The van der Waals surface area contributed by atoms with Gasteiger partial charge in [-0.1, -0.05) is 49.2 Å². The Bertz CT molecular complexity index is 1270. The molecule has 2 rings (SSSR count). The molecule has 0 radical (unpaired) electrons. The summed E-state index contributed by atoms with van der Waals surface area (Å²) in [6, 6.07) is 6.21. The van der Waals surface area contributed by atoms with Crippen LogP contribution in [0, 0.1) is 5.92 Å². The Balaban J connectivity index is 2.27. The van der Waals surface area contributed by atoms with Crippen molar-refractivity contribution < 1.29 is 50.6 Å². The number of Topliss-reactive ketones (excluding diaryl/α,β-unsaturated/α-hetero) is 1. The summed E-state index contributed by atoms with van der Waals surface area (Å²) in [6.07, 6.45) is -5.01. The van der Waals surface area contributed by atoms with Gasteiger partial charge in [0, 0.05) is 10.0 Å². The number of methoxy groups -OCH3 is 1. The summed E-state index contributed by atoms with van der Waals surface area (Å²) >= 11 is 11.8. The second-order valence-corrected chi connectivity index (χ2v) is 10.0. The molecule has 0 bridgehead atoms. The lowest BCUT2D eigenvalue weighted by Gasteiger charge is -2.27. The number of halogens is 7. The Hall–Kier alpha value is -3.65. The maximum absolute atomic E-state index is 14.6. The Morgan fingerprint density at radius 3 is 1.95 bits per heavy atom. The van der Waals surface area contributed by atoms with Crippen molar-refractivity contribution in [2.75, 3.05) is 20.3 Å². The van der Waals surface area contributed by atoms with Crippen LogP contribution in [0.25, 0.3) is 0 Å². The number of nitrogens with one attached hydrogen (secondary N) is 3. The van der Waals surface area contributed by atoms with Crippen molar-refractivity contribution in [3.8, 4) is 11.5 Å². The van der Waals surface area contributed by atoms with E-state index < -0.39 is 66.8 Å². The summed E-state index contributed by atoms with van der Waals surface area (Å²) in [7, 11) is 1.38. The zero-order chi connectivity index (χ0) is 31.8. The third-order valence-electron chi connectivity index (χ3n) is 5.51. The van der Waals surface area contributed by atoms with E-state index in [9.17, 15) is 41.1 Å². The van der Waals surface area contributed by atoms with Crippen molar-refractivity contribution in [2.24, 2.45) is 5.92 Å². The first-order valence-electron chi connectivity index (χ1n) is 12.0. The zero-order valence-corrected chi connectivity index (χ0v) is 23.8. The van der Waals surface area contributed by atoms with Crippen LogP contribution >= 0.6 is 23.2 Å². The average molecular weight is 642 g/mol. The Labute approximate surface area is 247 Å².